The molecule has 0 bridgehead atoms. The first-order chi connectivity index (χ1) is 28.3. The lowest BCUT2D eigenvalue weighted by atomic mass is 9.71. The van der Waals surface area contributed by atoms with Crippen molar-refractivity contribution in [3.05, 3.63) is 200 Å². The molecule has 12 rings (SSSR count). The number of rotatable bonds is 5. The molecule has 0 spiro atoms. The molecule has 2 aliphatic carbocycles. The van der Waals surface area contributed by atoms with Crippen LogP contribution < -0.4 is 4.90 Å². The molecular weight excluding hydrogens is 691 g/mol. The van der Waals surface area contributed by atoms with E-state index >= 15 is 0 Å². The quantitative estimate of drug-likeness (QED) is 0.172. The van der Waals surface area contributed by atoms with Crippen LogP contribution in [0.1, 0.15) is 30.7 Å². The van der Waals surface area contributed by atoms with Gasteiger partial charge in [-0.2, -0.15) is 0 Å². The number of nitrogens with zero attached hydrogens (tertiary/aromatic N) is 3. The molecule has 5 unspecified atom stereocenters. The Morgan fingerprint density at radius 1 is 0.421 bits per heavy atom. The Morgan fingerprint density at radius 3 is 1.61 bits per heavy atom. The van der Waals surface area contributed by atoms with Crippen LogP contribution in [0.4, 0.5) is 5.69 Å². The molecule has 9 aromatic rings. The van der Waals surface area contributed by atoms with Crippen molar-refractivity contribution < 1.29 is 0 Å². The molecule has 274 valence electrons. The van der Waals surface area contributed by atoms with Crippen LogP contribution in [-0.4, -0.2) is 21.2 Å². The topological polar surface area (TPSA) is 13.1 Å². The van der Waals surface area contributed by atoms with Gasteiger partial charge in [-0.3, -0.25) is 0 Å². The third-order valence-corrected chi connectivity index (χ3v) is 13.5. The van der Waals surface area contributed by atoms with Crippen LogP contribution in [0.2, 0.25) is 0 Å². The van der Waals surface area contributed by atoms with Gasteiger partial charge in [-0.15, -0.1) is 0 Å². The maximum absolute atomic E-state index is 2.75. The highest BCUT2D eigenvalue weighted by molar-refractivity contribution is 6.12. The number of hydrogen-bond acceptors (Lipinski definition) is 1. The van der Waals surface area contributed by atoms with Gasteiger partial charge in [0.2, 0.25) is 0 Å². The van der Waals surface area contributed by atoms with Gasteiger partial charge in [0.25, 0.3) is 0 Å². The Labute approximate surface area is 333 Å². The van der Waals surface area contributed by atoms with Crippen LogP contribution in [0, 0.1) is 11.8 Å². The van der Waals surface area contributed by atoms with Crippen molar-refractivity contribution in [2.45, 2.75) is 37.3 Å². The molecule has 1 saturated carbocycles. The van der Waals surface area contributed by atoms with E-state index < -0.39 is 0 Å². The van der Waals surface area contributed by atoms with E-state index in [2.05, 4.69) is 208 Å². The van der Waals surface area contributed by atoms with Gasteiger partial charge in [0.15, 0.2) is 0 Å². The Balaban J connectivity index is 0.970. The highest BCUT2D eigenvalue weighted by Gasteiger charge is 2.49. The molecule has 3 heteroatoms. The lowest BCUT2D eigenvalue weighted by Gasteiger charge is -2.38. The van der Waals surface area contributed by atoms with E-state index in [-0.39, 0.29) is 0 Å². The molecule has 3 aliphatic rings. The van der Waals surface area contributed by atoms with E-state index in [4.69, 9.17) is 0 Å². The van der Waals surface area contributed by atoms with Gasteiger partial charge in [0.05, 0.1) is 28.1 Å². The summed E-state index contributed by atoms with van der Waals surface area (Å²) >= 11 is 0. The fourth-order valence-electron chi connectivity index (χ4n) is 11.1. The van der Waals surface area contributed by atoms with Crippen LogP contribution in [-0.2, 0) is 0 Å². The van der Waals surface area contributed by atoms with Gasteiger partial charge in [-0.1, -0.05) is 115 Å². The van der Waals surface area contributed by atoms with Gasteiger partial charge in [-0.25, -0.2) is 0 Å². The molecule has 1 saturated heterocycles. The lowest BCUT2D eigenvalue weighted by Crippen LogP contribution is -2.39. The molecule has 7 aromatic carbocycles. The van der Waals surface area contributed by atoms with Gasteiger partial charge < -0.3 is 14.0 Å². The van der Waals surface area contributed by atoms with Crippen molar-refractivity contribution in [2.24, 2.45) is 11.8 Å². The molecule has 57 heavy (non-hydrogen) atoms. The van der Waals surface area contributed by atoms with Crippen molar-refractivity contribution in [1.29, 1.82) is 0 Å². The van der Waals surface area contributed by atoms with E-state index in [0.717, 1.165) is 0 Å². The molecule has 2 fully saturated rings. The summed E-state index contributed by atoms with van der Waals surface area (Å²) in [6, 6.07) is 64.1. The molecule has 1 aliphatic heterocycles. The second kappa shape index (κ2) is 13.0. The maximum atomic E-state index is 2.75. The number of fused-ring (bicyclic) bond motifs is 9. The van der Waals surface area contributed by atoms with E-state index in [1.54, 1.807) is 0 Å². The van der Waals surface area contributed by atoms with Crippen molar-refractivity contribution in [3.63, 3.8) is 0 Å². The Bertz CT molecular complexity index is 3020. The molecule has 3 heterocycles. The van der Waals surface area contributed by atoms with Crippen molar-refractivity contribution in [3.8, 4) is 22.5 Å². The summed E-state index contributed by atoms with van der Waals surface area (Å²) in [5.74, 6) is 1.72. The van der Waals surface area contributed by atoms with Crippen molar-refractivity contribution >= 4 is 49.3 Å². The number of hydrogen-bond donors (Lipinski definition) is 0. The van der Waals surface area contributed by atoms with Crippen LogP contribution >= 0.6 is 0 Å². The number of allylic oxidation sites excluding steroid dienone is 2. The maximum Gasteiger partial charge on any atom is 0.0545 e. The minimum absolute atomic E-state index is 0.435. The Kier molecular flexibility index (Phi) is 7.44. The smallest absolute Gasteiger partial charge is 0.0545 e. The van der Waals surface area contributed by atoms with E-state index in [1.165, 1.54) is 96.6 Å². The first-order valence-electron chi connectivity index (χ1n) is 20.7. The largest absolute Gasteiger partial charge is 0.361 e. The zero-order chi connectivity index (χ0) is 37.5. The van der Waals surface area contributed by atoms with Gasteiger partial charge in [0.1, 0.15) is 0 Å². The van der Waals surface area contributed by atoms with Crippen LogP contribution in [0.5, 0.6) is 0 Å². The summed E-state index contributed by atoms with van der Waals surface area (Å²) in [4.78, 5) is 2.75. The van der Waals surface area contributed by atoms with Gasteiger partial charge in [-0.05, 0) is 127 Å². The lowest BCUT2D eigenvalue weighted by molar-refractivity contribution is 0.277. The third-order valence-electron chi connectivity index (χ3n) is 13.5. The number of benzene rings is 7. The number of para-hydroxylation sites is 4. The molecule has 0 amide bonds. The normalized spacial score (nSPS) is 21.5. The van der Waals surface area contributed by atoms with Crippen LogP contribution in [0.25, 0.3) is 66.1 Å². The summed E-state index contributed by atoms with van der Waals surface area (Å²) in [5.41, 5.74) is 12.7. The minimum atomic E-state index is 0.435. The van der Waals surface area contributed by atoms with Gasteiger partial charge >= 0.3 is 0 Å². The Hall–Kier alpha value is -6.58. The monoisotopic (exact) mass is 733 g/mol. The predicted octanol–water partition coefficient (Wildman–Crippen LogP) is 13.4. The first-order valence-corrected chi connectivity index (χ1v) is 20.7. The van der Waals surface area contributed by atoms with Crippen molar-refractivity contribution in [1.82, 2.24) is 9.13 Å². The molecule has 0 radical (unpaired) electrons. The fraction of sp³-hybridized carbons (Fsp3) is 0.148. The summed E-state index contributed by atoms with van der Waals surface area (Å²) in [6.45, 7) is 0. The fourth-order valence-corrected chi connectivity index (χ4v) is 11.1. The number of aromatic nitrogens is 2. The van der Waals surface area contributed by atoms with E-state index in [9.17, 15) is 0 Å². The highest BCUT2D eigenvalue weighted by atomic mass is 15.2. The molecule has 2 aromatic heterocycles. The van der Waals surface area contributed by atoms with Crippen LogP contribution in [0.15, 0.2) is 194 Å². The summed E-state index contributed by atoms with van der Waals surface area (Å²) < 4.78 is 4.86. The first kappa shape index (κ1) is 32.6. The minimum Gasteiger partial charge on any atom is -0.361 e. The summed E-state index contributed by atoms with van der Waals surface area (Å²) in [7, 11) is 0. The summed E-state index contributed by atoms with van der Waals surface area (Å²) in [5, 5.41) is 5.21. The standard InChI is InChI=1S/C54H43N3/c1-4-14-40(15-5-1)55-49-22-12-10-20-43(49)45-32-36(24-28-51(45)55)38-26-30-53-47(34-38)48-35-39(27-31-54(48)57(53)42-18-8-3-9-19-42)37-25-29-52-46(33-37)44-21-11-13-23-50(44)56(52)41-16-6-2-7-17-41/h1-24,26-28,30-32,34-35,37,44,46,50,52H,25,29,33H2. The average molecular weight is 734 g/mol. The van der Waals surface area contributed by atoms with Gasteiger partial charge in [0, 0.05) is 50.6 Å². The molecule has 5 atom stereocenters. The Morgan fingerprint density at radius 2 is 0.947 bits per heavy atom. The highest BCUT2D eigenvalue weighted by Crippen LogP contribution is 2.51. The van der Waals surface area contributed by atoms with Crippen LogP contribution in [0.3, 0.4) is 0 Å². The van der Waals surface area contributed by atoms with E-state index in [0.29, 0.717) is 29.8 Å². The van der Waals surface area contributed by atoms with Crippen molar-refractivity contribution in [2.75, 3.05) is 4.90 Å². The SMILES string of the molecule is C1=CC2C3CC(c4ccc5c(c4)c4cc(-c6ccc7c(c6)c6ccccc6n7-c6ccccc6)ccc4n5-c4ccccc4)CCC3N(c3ccccc3)C2C=C1. The zero-order valence-corrected chi connectivity index (χ0v) is 31.8. The molecule has 3 nitrogen and oxygen atoms in total. The predicted molar refractivity (Wildman–Crippen MR) is 239 cm³/mol. The zero-order valence-electron chi connectivity index (χ0n) is 31.8. The second-order valence-corrected chi connectivity index (χ2v) is 16.4. The average Bonchev–Trinajstić information content (AvgIpc) is 3.92. The van der Waals surface area contributed by atoms with E-state index in [1.807, 2.05) is 0 Å². The molecule has 0 N–H and O–H groups in total. The summed E-state index contributed by atoms with van der Waals surface area (Å²) in [6.07, 6.45) is 13.2. The molecular formula is C54H43N3. The number of anilines is 1. The second-order valence-electron chi connectivity index (χ2n) is 16.4. The third kappa shape index (κ3) is 5.11.